The van der Waals surface area contributed by atoms with Crippen molar-refractivity contribution in [2.75, 3.05) is 0 Å². The predicted octanol–water partition coefficient (Wildman–Crippen LogP) is 7.44. The van der Waals surface area contributed by atoms with E-state index in [1.54, 1.807) is 12.8 Å². The molecule has 0 bridgehead atoms. The van der Waals surface area contributed by atoms with Gasteiger partial charge in [0, 0.05) is 5.92 Å². The second kappa shape index (κ2) is 5.04. The third kappa shape index (κ3) is 1.48. The Kier molecular flexibility index (Phi) is 2.44. The van der Waals surface area contributed by atoms with E-state index in [2.05, 4.69) is 34.9 Å². The predicted molar refractivity (Wildman–Crippen MR) is 142 cm³/mol. The summed E-state index contributed by atoms with van der Waals surface area (Å²) in [6.45, 7) is 0. The Labute approximate surface area is 220 Å². The van der Waals surface area contributed by atoms with E-state index < -0.39 is 0 Å². The monoisotopic (exact) mass is 480 g/mol. The van der Waals surface area contributed by atoms with E-state index in [0.717, 1.165) is 101 Å². The van der Waals surface area contributed by atoms with Crippen LogP contribution in [0.25, 0.3) is 0 Å². The topological polar surface area (TPSA) is 0 Å². The van der Waals surface area contributed by atoms with E-state index in [0.29, 0.717) is 0 Å². The Balaban J connectivity index is 1.18. The summed E-state index contributed by atoms with van der Waals surface area (Å²) in [6, 6.07) is 0. The molecule has 0 spiro atoms. The fourth-order valence-electron chi connectivity index (χ4n) is 17.3. The van der Waals surface area contributed by atoms with Gasteiger partial charge >= 0.3 is 0 Å². The van der Waals surface area contributed by atoms with Crippen LogP contribution in [0.3, 0.4) is 0 Å². The summed E-state index contributed by atoms with van der Waals surface area (Å²) in [5.41, 5.74) is 17.9. The molecule has 7 fully saturated rings. The molecule has 0 heteroatoms. The molecule has 0 nitrogen and oxygen atoms in total. The van der Waals surface area contributed by atoms with Crippen LogP contribution in [0.4, 0.5) is 0 Å². The highest BCUT2D eigenvalue weighted by Gasteiger charge is 2.78. The lowest BCUT2D eigenvalue weighted by molar-refractivity contribution is -0.0643. The van der Waals surface area contributed by atoms with Gasteiger partial charge in [-0.05, 0) is 174 Å². The van der Waals surface area contributed by atoms with Gasteiger partial charge in [-0.15, -0.1) is 0 Å². The summed E-state index contributed by atoms with van der Waals surface area (Å²) in [5, 5.41) is 0. The summed E-state index contributed by atoms with van der Waals surface area (Å²) in [5.74, 6) is 17.1. The van der Waals surface area contributed by atoms with Gasteiger partial charge in [-0.25, -0.2) is 0 Å². The lowest BCUT2D eigenvalue weighted by atomic mass is 9.41. The van der Waals surface area contributed by atoms with Gasteiger partial charge in [0.25, 0.3) is 0 Å². The van der Waals surface area contributed by atoms with Crippen LogP contribution in [-0.2, 0) is 0 Å². The minimum Gasteiger partial charge on any atom is -0.0816 e. The molecule has 184 valence electrons. The first-order valence-corrected chi connectivity index (χ1v) is 16.7. The Bertz CT molecular complexity index is 1550. The molecule has 0 amide bonds. The van der Waals surface area contributed by atoms with Crippen molar-refractivity contribution in [2.24, 2.45) is 101 Å². The molecule has 14 rings (SSSR count). The largest absolute Gasteiger partial charge is 0.0816 e. The lowest BCUT2D eigenvalue weighted by Crippen LogP contribution is -2.57. The van der Waals surface area contributed by atoms with E-state index in [-0.39, 0.29) is 0 Å². The van der Waals surface area contributed by atoms with Gasteiger partial charge in [-0.1, -0.05) is 40.5 Å². The number of rotatable bonds is 0. The van der Waals surface area contributed by atoms with Crippen molar-refractivity contribution in [3.63, 3.8) is 0 Å². The molecule has 0 aromatic heterocycles. The third-order valence-electron chi connectivity index (χ3n) is 16.9. The maximum absolute atomic E-state index is 3.02. The van der Waals surface area contributed by atoms with Crippen molar-refractivity contribution in [1.29, 1.82) is 0 Å². The SMILES string of the molecule is C1=C2CC3=C4C5=C(C3)CC3CCC6CC7=CC8CCC9=CC1C1C2=C4C2C4C5C3C6C4C7C3C8C9C1C23. The molecule has 17 atom stereocenters. The van der Waals surface area contributed by atoms with Crippen LogP contribution >= 0.6 is 0 Å². The summed E-state index contributed by atoms with van der Waals surface area (Å²) in [6.07, 6.45) is 20.7. The molecule has 17 unspecified atom stereocenters. The van der Waals surface area contributed by atoms with Gasteiger partial charge in [0.05, 0.1) is 0 Å². The summed E-state index contributed by atoms with van der Waals surface area (Å²) >= 11 is 0. The summed E-state index contributed by atoms with van der Waals surface area (Å²) in [7, 11) is 0. The molecule has 14 aliphatic carbocycles. The van der Waals surface area contributed by atoms with Crippen LogP contribution in [0.2, 0.25) is 0 Å². The van der Waals surface area contributed by atoms with E-state index in [1.807, 2.05) is 33.4 Å². The molecule has 0 aromatic rings. The zero-order chi connectivity index (χ0) is 22.8. The second-order valence-corrected chi connectivity index (χ2v) is 16.9. The maximum atomic E-state index is 3.02. The summed E-state index contributed by atoms with van der Waals surface area (Å²) in [4.78, 5) is 0. The minimum absolute atomic E-state index is 0.764. The van der Waals surface area contributed by atoms with Crippen molar-refractivity contribution in [2.45, 2.75) is 51.4 Å². The van der Waals surface area contributed by atoms with Gasteiger partial charge in [-0.3, -0.25) is 0 Å². The molecule has 37 heavy (non-hydrogen) atoms. The Hall–Kier alpha value is -1.56. The van der Waals surface area contributed by atoms with Gasteiger partial charge < -0.3 is 0 Å². The van der Waals surface area contributed by atoms with E-state index >= 15 is 0 Å². The average Bonchev–Trinajstić information content (AvgIpc) is 3.65. The van der Waals surface area contributed by atoms with E-state index in [4.69, 9.17) is 0 Å². The molecule has 0 heterocycles. The normalized spacial score (nSPS) is 64.9. The van der Waals surface area contributed by atoms with Gasteiger partial charge in [0.1, 0.15) is 0 Å². The van der Waals surface area contributed by atoms with Crippen molar-refractivity contribution in [3.05, 3.63) is 68.4 Å². The first-order valence-electron chi connectivity index (χ1n) is 16.7. The highest BCUT2D eigenvalue weighted by molar-refractivity contribution is 5.73. The zero-order valence-corrected chi connectivity index (χ0v) is 21.7. The molecule has 0 N–H and O–H groups in total. The van der Waals surface area contributed by atoms with Crippen molar-refractivity contribution >= 4 is 0 Å². The number of hydrogen-bond donors (Lipinski definition) is 0. The lowest BCUT2D eigenvalue weighted by Gasteiger charge is -2.62. The average molecular weight is 481 g/mol. The van der Waals surface area contributed by atoms with Crippen LogP contribution in [0.5, 0.6) is 0 Å². The fourth-order valence-corrected chi connectivity index (χ4v) is 17.3. The molecule has 0 aromatic carbocycles. The zero-order valence-electron chi connectivity index (χ0n) is 21.7. The van der Waals surface area contributed by atoms with Crippen LogP contribution < -0.4 is 0 Å². The molecule has 0 radical (unpaired) electrons. The second-order valence-electron chi connectivity index (χ2n) is 16.9. The highest BCUT2D eigenvalue weighted by atomic mass is 14.8. The van der Waals surface area contributed by atoms with Gasteiger partial charge in [0.2, 0.25) is 0 Å². The molecule has 0 aliphatic heterocycles. The minimum atomic E-state index is 0.764. The Morgan fingerprint density at radius 3 is 2.30 bits per heavy atom. The van der Waals surface area contributed by atoms with Crippen LogP contribution in [0.15, 0.2) is 68.4 Å². The summed E-state index contributed by atoms with van der Waals surface area (Å²) < 4.78 is 0. The van der Waals surface area contributed by atoms with Gasteiger partial charge in [-0.2, -0.15) is 0 Å². The highest BCUT2D eigenvalue weighted by Crippen LogP contribution is 2.85. The molecular formula is C37H36. The quantitative estimate of drug-likeness (QED) is 0.316. The van der Waals surface area contributed by atoms with E-state index in [9.17, 15) is 0 Å². The molecular weight excluding hydrogens is 444 g/mol. The van der Waals surface area contributed by atoms with Crippen LogP contribution in [0.1, 0.15) is 51.4 Å². The van der Waals surface area contributed by atoms with Crippen LogP contribution in [-0.4, -0.2) is 0 Å². The van der Waals surface area contributed by atoms with Crippen molar-refractivity contribution in [1.82, 2.24) is 0 Å². The smallest absolute Gasteiger partial charge is 0.00273 e. The Morgan fingerprint density at radius 2 is 1.32 bits per heavy atom. The Morgan fingerprint density at radius 1 is 0.514 bits per heavy atom. The van der Waals surface area contributed by atoms with Gasteiger partial charge in [0.15, 0.2) is 0 Å². The van der Waals surface area contributed by atoms with Crippen molar-refractivity contribution in [3.8, 4) is 0 Å². The molecule has 14 aliphatic rings. The number of hydrogen-bond acceptors (Lipinski definition) is 0. The first kappa shape index (κ1) is 17.9. The molecule has 0 saturated heterocycles. The maximum Gasteiger partial charge on any atom is 0.00273 e. The van der Waals surface area contributed by atoms with E-state index in [1.165, 1.54) is 38.5 Å². The number of allylic oxidation sites excluding steroid dienone is 12. The van der Waals surface area contributed by atoms with Crippen molar-refractivity contribution < 1.29 is 0 Å². The standard InChI is InChI=1S/C37H36/c1-3-14-7-17-9-19-11-20-10-18-8-15-4-2-13-6-16-5-12(1)23-21(14)30-25(17)27(19)34-28(20)26(18)31-22(15)24(13)33-29(16)32(23)35(30)37(34)36(31)33/h5,7,9,12-13,15,17,21-25,29-33,35-37H,1-4,6,8,10-11H2. The third-order valence-corrected chi connectivity index (χ3v) is 16.9. The molecule has 7 saturated carbocycles. The fraction of sp³-hybridized carbons (Fsp3) is 0.676. The first-order chi connectivity index (χ1) is 18.3. The van der Waals surface area contributed by atoms with Crippen LogP contribution in [0, 0.1) is 101 Å².